The van der Waals surface area contributed by atoms with Gasteiger partial charge in [-0.3, -0.25) is 0 Å². The van der Waals surface area contributed by atoms with E-state index >= 15 is 0 Å². The topological polar surface area (TPSA) is 20.2 Å². The van der Waals surface area contributed by atoms with Crippen molar-refractivity contribution in [3.8, 4) is 0 Å². The second-order valence-corrected chi connectivity index (χ2v) is 4.92. The Labute approximate surface area is 95.0 Å². The van der Waals surface area contributed by atoms with Gasteiger partial charge in [-0.2, -0.15) is 13.2 Å². The molecule has 0 amide bonds. The van der Waals surface area contributed by atoms with Crippen LogP contribution in [0.2, 0.25) is 0 Å². The van der Waals surface area contributed by atoms with Gasteiger partial charge in [-0.25, -0.2) is 0 Å². The molecule has 0 radical (unpaired) electrons. The molecule has 2 atom stereocenters. The highest BCUT2D eigenvalue weighted by Gasteiger charge is 2.38. The van der Waals surface area contributed by atoms with E-state index in [1.165, 1.54) is 0 Å². The van der Waals surface area contributed by atoms with E-state index < -0.39 is 18.2 Å². The highest BCUT2D eigenvalue weighted by molar-refractivity contribution is 4.89. The summed E-state index contributed by atoms with van der Waals surface area (Å²) in [6.07, 6.45) is 0.0179. The molecule has 0 bridgehead atoms. The SMILES string of the molecule is CCC1CCCCC1(O)CCCC(F)(F)F. The average molecular weight is 238 g/mol. The fourth-order valence-corrected chi connectivity index (χ4v) is 2.80. The molecule has 1 N–H and O–H groups in total. The van der Waals surface area contributed by atoms with Crippen molar-refractivity contribution in [2.24, 2.45) is 5.92 Å². The quantitative estimate of drug-likeness (QED) is 0.783. The zero-order valence-electron chi connectivity index (χ0n) is 9.82. The first-order valence-electron chi connectivity index (χ1n) is 6.16. The number of alkyl halides is 3. The molecule has 96 valence electrons. The summed E-state index contributed by atoms with van der Waals surface area (Å²) >= 11 is 0. The van der Waals surface area contributed by atoms with Crippen molar-refractivity contribution in [2.45, 2.75) is 70.1 Å². The first kappa shape index (κ1) is 13.8. The number of hydrogen-bond donors (Lipinski definition) is 1. The number of halogens is 3. The second kappa shape index (κ2) is 5.39. The van der Waals surface area contributed by atoms with E-state index in [9.17, 15) is 18.3 Å². The first-order chi connectivity index (χ1) is 7.37. The van der Waals surface area contributed by atoms with E-state index in [0.29, 0.717) is 12.8 Å². The Morgan fingerprint density at radius 3 is 2.56 bits per heavy atom. The highest BCUT2D eigenvalue weighted by atomic mass is 19.4. The Morgan fingerprint density at radius 2 is 2.00 bits per heavy atom. The van der Waals surface area contributed by atoms with Crippen LogP contribution in [0.25, 0.3) is 0 Å². The van der Waals surface area contributed by atoms with Crippen LogP contribution in [0.3, 0.4) is 0 Å². The third-order valence-corrected chi connectivity index (χ3v) is 3.73. The van der Waals surface area contributed by atoms with Crippen LogP contribution in [0.1, 0.15) is 58.3 Å². The van der Waals surface area contributed by atoms with Crippen LogP contribution in [0.15, 0.2) is 0 Å². The lowest BCUT2D eigenvalue weighted by atomic mass is 9.71. The molecule has 1 saturated carbocycles. The lowest BCUT2D eigenvalue weighted by molar-refractivity contribution is -0.140. The van der Waals surface area contributed by atoms with Gasteiger partial charge in [0, 0.05) is 6.42 Å². The van der Waals surface area contributed by atoms with Gasteiger partial charge in [0.2, 0.25) is 0 Å². The molecule has 0 aromatic carbocycles. The van der Waals surface area contributed by atoms with Gasteiger partial charge >= 0.3 is 6.18 Å². The molecule has 0 aliphatic heterocycles. The van der Waals surface area contributed by atoms with Crippen LogP contribution in [0.4, 0.5) is 13.2 Å². The lowest BCUT2D eigenvalue weighted by Gasteiger charge is -2.40. The van der Waals surface area contributed by atoms with Crippen molar-refractivity contribution < 1.29 is 18.3 Å². The van der Waals surface area contributed by atoms with E-state index in [-0.39, 0.29) is 12.3 Å². The molecule has 1 rings (SSSR count). The standard InChI is InChI=1S/C12H21F3O/c1-2-10-6-3-4-7-11(10,16)8-5-9-12(13,14)15/h10,16H,2-9H2,1H3. The minimum atomic E-state index is -4.09. The third-order valence-electron chi connectivity index (χ3n) is 3.73. The van der Waals surface area contributed by atoms with E-state index in [4.69, 9.17) is 0 Å². The monoisotopic (exact) mass is 238 g/mol. The zero-order chi connectivity index (χ0) is 12.2. The van der Waals surface area contributed by atoms with Crippen molar-refractivity contribution in [1.82, 2.24) is 0 Å². The van der Waals surface area contributed by atoms with Gasteiger partial charge in [0.05, 0.1) is 5.60 Å². The minimum Gasteiger partial charge on any atom is -0.390 e. The molecule has 16 heavy (non-hydrogen) atoms. The molecular formula is C12H21F3O. The highest BCUT2D eigenvalue weighted by Crippen LogP contribution is 2.40. The molecule has 0 aromatic heterocycles. The predicted octanol–water partition coefficient (Wildman–Crippen LogP) is 4.05. The second-order valence-electron chi connectivity index (χ2n) is 4.92. The van der Waals surface area contributed by atoms with E-state index in [2.05, 4.69) is 0 Å². The number of hydrogen-bond acceptors (Lipinski definition) is 1. The summed E-state index contributed by atoms with van der Waals surface area (Å²) in [5.41, 5.74) is -0.835. The molecular weight excluding hydrogens is 217 g/mol. The van der Waals surface area contributed by atoms with Gasteiger partial charge in [0.15, 0.2) is 0 Å². The van der Waals surface area contributed by atoms with Crippen molar-refractivity contribution in [2.75, 3.05) is 0 Å². The van der Waals surface area contributed by atoms with Crippen LogP contribution in [0.5, 0.6) is 0 Å². The molecule has 0 heterocycles. The Morgan fingerprint density at radius 1 is 1.31 bits per heavy atom. The third kappa shape index (κ3) is 3.96. The molecule has 0 saturated heterocycles. The van der Waals surface area contributed by atoms with Crippen LogP contribution >= 0.6 is 0 Å². The summed E-state index contributed by atoms with van der Waals surface area (Å²) in [4.78, 5) is 0. The number of rotatable bonds is 4. The van der Waals surface area contributed by atoms with Gasteiger partial charge in [-0.15, -0.1) is 0 Å². The summed E-state index contributed by atoms with van der Waals surface area (Å²) < 4.78 is 36.1. The summed E-state index contributed by atoms with van der Waals surface area (Å²) in [6, 6.07) is 0. The Kier molecular flexibility index (Phi) is 4.65. The van der Waals surface area contributed by atoms with Gasteiger partial charge in [0.25, 0.3) is 0 Å². The maximum absolute atomic E-state index is 12.0. The molecule has 1 aliphatic carbocycles. The Balaban J connectivity index is 2.42. The summed E-state index contributed by atoms with van der Waals surface area (Å²) in [7, 11) is 0. The van der Waals surface area contributed by atoms with Crippen LogP contribution in [-0.4, -0.2) is 16.9 Å². The average Bonchev–Trinajstić information content (AvgIpc) is 2.16. The van der Waals surface area contributed by atoms with Crippen molar-refractivity contribution in [3.63, 3.8) is 0 Å². The van der Waals surface area contributed by atoms with Crippen molar-refractivity contribution >= 4 is 0 Å². The maximum atomic E-state index is 12.0. The molecule has 0 spiro atoms. The summed E-state index contributed by atoms with van der Waals surface area (Å²) in [5.74, 6) is 0.189. The van der Waals surface area contributed by atoms with Crippen LogP contribution in [0, 0.1) is 5.92 Å². The fourth-order valence-electron chi connectivity index (χ4n) is 2.80. The molecule has 0 aromatic rings. The van der Waals surface area contributed by atoms with Crippen molar-refractivity contribution in [3.05, 3.63) is 0 Å². The molecule has 2 unspecified atom stereocenters. The molecule has 4 heteroatoms. The largest absolute Gasteiger partial charge is 0.390 e. The predicted molar refractivity (Wildman–Crippen MR) is 57.1 cm³/mol. The van der Waals surface area contributed by atoms with Gasteiger partial charge in [0.1, 0.15) is 0 Å². The van der Waals surface area contributed by atoms with Gasteiger partial charge in [-0.05, 0) is 31.6 Å². The smallest absolute Gasteiger partial charge is 0.389 e. The molecule has 1 fully saturated rings. The van der Waals surface area contributed by atoms with Gasteiger partial charge < -0.3 is 5.11 Å². The molecule has 1 aliphatic rings. The Bertz CT molecular complexity index is 215. The zero-order valence-corrected chi connectivity index (χ0v) is 9.82. The normalized spacial score (nSPS) is 31.7. The van der Waals surface area contributed by atoms with E-state index in [0.717, 1.165) is 25.7 Å². The van der Waals surface area contributed by atoms with E-state index in [1.54, 1.807) is 0 Å². The van der Waals surface area contributed by atoms with Crippen molar-refractivity contribution in [1.29, 1.82) is 0 Å². The van der Waals surface area contributed by atoms with Crippen LogP contribution < -0.4 is 0 Å². The van der Waals surface area contributed by atoms with Crippen LogP contribution in [-0.2, 0) is 0 Å². The summed E-state index contributed by atoms with van der Waals surface area (Å²) in [5, 5.41) is 10.4. The minimum absolute atomic E-state index is 0.0521. The fraction of sp³-hybridized carbons (Fsp3) is 1.00. The Hall–Kier alpha value is -0.250. The van der Waals surface area contributed by atoms with E-state index in [1.807, 2.05) is 6.92 Å². The van der Waals surface area contributed by atoms with Gasteiger partial charge in [-0.1, -0.05) is 26.2 Å². The molecule has 1 nitrogen and oxygen atoms in total. The first-order valence-corrected chi connectivity index (χ1v) is 6.16. The summed E-state index contributed by atoms with van der Waals surface area (Å²) in [6.45, 7) is 2.00. The number of aliphatic hydroxyl groups is 1. The lowest BCUT2D eigenvalue weighted by Crippen LogP contribution is -2.40. The maximum Gasteiger partial charge on any atom is 0.389 e.